The Morgan fingerprint density at radius 3 is 2.92 bits per heavy atom. The Morgan fingerprint density at radius 2 is 2.15 bits per heavy atom. The lowest BCUT2D eigenvalue weighted by atomic mass is 9.99. The van der Waals surface area contributed by atoms with E-state index in [2.05, 4.69) is 44.3 Å². The fraction of sp³-hybridized carbons (Fsp3) is 0.300. The highest BCUT2D eigenvalue weighted by atomic mass is 16.5. The molecule has 0 fully saturated rings. The average Bonchev–Trinajstić information content (AvgIpc) is 3.11. The molecule has 1 N–H and O–H groups in total. The number of aromatic amines is 1. The van der Waals surface area contributed by atoms with E-state index in [0.717, 1.165) is 36.6 Å². The zero-order valence-corrected chi connectivity index (χ0v) is 15.0. The third-order valence-corrected chi connectivity index (χ3v) is 4.69. The number of rotatable bonds is 5. The summed E-state index contributed by atoms with van der Waals surface area (Å²) in [6.45, 7) is 4.28. The van der Waals surface area contributed by atoms with Gasteiger partial charge in [0.25, 0.3) is 0 Å². The standard InChI is InChI=1S/C20H22N4O2/c1-3-26-20-11-19(22-13-23-20)24-8-6-14(7-9-24)17-12-21-18-5-4-15(25-2)10-16(17)18/h4-6,10-13,21H,3,7-9H2,1-2H3. The van der Waals surface area contributed by atoms with Crippen molar-refractivity contribution in [1.29, 1.82) is 0 Å². The maximum atomic E-state index is 5.48. The van der Waals surface area contributed by atoms with Crippen molar-refractivity contribution in [2.75, 3.05) is 31.7 Å². The van der Waals surface area contributed by atoms with Gasteiger partial charge in [-0.3, -0.25) is 0 Å². The second-order valence-electron chi connectivity index (χ2n) is 6.19. The van der Waals surface area contributed by atoms with Crippen LogP contribution >= 0.6 is 0 Å². The van der Waals surface area contributed by atoms with E-state index in [1.807, 2.05) is 19.1 Å². The van der Waals surface area contributed by atoms with E-state index in [9.17, 15) is 0 Å². The number of nitrogens with zero attached hydrogens (tertiary/aromatic N) is 3. The van der Waals surface area contributed by atoms with Crippen molar-refractivity contribution >= 4 is 22.3 Å². The van der Waals surface area contributed by atoms with Crippen molar-refractivity contribution in [3.63, 3.8) is 0 Å². The minimum atomic E-state index is 0.602. The van der Waals surface area contributed by atoms with Crippen molar-refractivity contribution in [3.8, 4) is 11.6 Å². The van der Waals surface area contributed by atoms with Crippen LogP contribution in [-0.2, 0) is 0 Å². The summed E-state index contributed by atoms with van der Waals surface area (Å²) in [5.74, 6) is 2.40. The lowest BCUT2D eigenvalue weighted by Gasteiger charge is -2.27. The van der Waals surface area contributed by atoms with Crippen LogP contribution in [0.25, 0.3) is 16.5 Å². The molecule has 26 heavy (non-hydrogen) atoms. The lowest BCUT2D eigenvalue weighted by molar-refractivity contribution is 0.326. The second-order valence-corrected chi connectivity index (χ2v) is 6.19. The summed E-state index contributed by atoms with van der Waals surface area (Å²) < 4.78 is 10.9. The SMILES string of the molecule is CCOc1cc(N2CC=C(c3c[nH]c4ccc(OC)cc34)CC2)ncn1. The van der Waals surface area contributed by atoms with Crippen molar-refractivity contribution < 1.29 is 9.47 Å². The average molecular weight is 350 g/mol. The third kappa shape index (κ3) is 3.10. The lowest BCUT2D eigenvalue weighted by Crippen LogP contribution is -2.29. The maximum Gasteiger partial charge on any atom is 0.218 e. The van der Waals surface area contributed by atoms with E-state index in [1.165, 1.54) is 16.5 Å². The smallest absolute Gasteiger partial charge is 0.218 e. The molecular formula is C20H22N4O2. The second kappa shape index (κ2) is 7.07. The first kappa shape index (κ1) is 16.4. The van der Waals surface area contributed by atoms with Crippen LogP contribution < -0.4 is 14.4 Å². The molecule has 1 aliphatic rings. The summed E-state index contributed by atoms with van der Waals surface area (Å²) in [6, 6.07) is 8.03. The van der Waals surface area contributed by atoms with Crippen LogP contribution in [-0.4, -0.2) is 41.8 Å². The van der Waals surface area contributed by atoms with Gasteiger partial charge in [-0.05, 0) is 37.1 Å². The largest absolute Gasteiger partial charge is 0.497 e. The van der Waals surface area contributed by atoms with Crippen LogP contribution in [0.3, 0.4) is 0 Å². The molecule has 0 amide bonds. The Hall–Kier alpha value is -3.02. The number of nitrogens with one attached hydrogen (secondary N) is 1. The number of aromatic nitrogens is 3. The van der Waals surface area contributed by atoms with E-state index in [4.69, 9.17) is 9.47 Å². The first-order valence-corrected chi connectivity index (χ1v) is 8.83. The van der Waals surface area contributed by atoms with Gasteiger partial charge in [-0.25, -0.2) is 9.97 Å². The minimum Gasteiger partial charge on any atom is -0.497 e. The third-order valence-electron chi connectivity index (χ3n) is 4.69. The van der Waals surface area contributed by atoms with Crippen LogP contribution in [0.5, 0.6) is 11.6 Å². The molecule has 1 aromatic carbocycles. The van der Waals surface area contributed by atoms with Gasteiger partial charge in [0.15, 0.2) is 0 Å². The van der Waals surface area contributed by atoms with Crippen molar-refractivity contribution in [3.05, 3.63) is 48.4 Å². The zero-order valence-electron chi connectivity index (χ0n) is 15.0. The van der Waals surface area contributed by atoms with Gasteiger partial charge in [-0.2, -0.15) is 0 Å². The Balaban J connectivity index is 1.57. The van der Waals surface area contributed by atoms with Crippen LogP contribution in [0, 0.1) is 0 Å². The fourth-order valence-electron chi connectivity index (χ4n) is 3.34. The number of fused-ring (bicyclic) bond motifs is 1. The number of ether oxygens (including phenoxy) is 2. The van der Waals surface area contributed by atoms with Crippen molar-refractivity contribution in [2.24, 2.45) is 0 Å². The Labute approximate surface area is 152 Å². The summed E-state index contributed by atoms with van der Waals surface area (Å²) in [5.41, 5.74) is 3.72. The molecule has 4 rings (SSSR count). The Morgan fingerprint density at radius 1 is 1.23 bits per heavy atom. The fourth-order valence-corrected chi connectivity index (χ4v) is 3.34. The summed E-state index contributed by atoms with van der Waals surface area (Å²) in [4.78, 5) is 14.1. The predicted molar refractivity (Wildman–Crippen MR) is 103 cm³/mol. The number of hydrogen-bond donors (Lipinski definition) is 1. The molecule has 0 aliphatic carbocycles. The summed E-state index contributed by atoms with van der Waals surface area (Å²) >= 11 is 0. The summed E-state index contributed by atoms with van der Waals surface area (Å²) in [6.07, 6.45) is 6.88. The molecule has 0 saturated heterocycles. The van der Waals surface area contributed by atoms with Gasteiger partial charge in [0.05, 0.1) is 13.7 Å². The van der Waals surface area contributed by atoms with Crippen molar-refractivity contribution in [2.45, 2.75) is 13.3 Å². The zero-order chi connectivity index (χ0) is 17.9. The summed E-state index contributed by atoms with van der Waals surface area (Å²) in [7, 11) is 1.70. The van der Waals surface area contributed by atoms with Gasteiger partial charge < -0.3 is 19.4 Å². The van der Waals surface area contributed by atoms with Crippen molar-refractivity contribution in [1.82, 2.24) is 15.0 Å². The number of benzene rings is 1. The molecule has 6 nitrogen and oxygen atoms in total. The highest BCUT2D eigenvalue weighted by Gasteiger charge is 2.17. The number of H-pyrrole nitrogens is 1. The molecule has 0 radical (unpaired) electrons. The van der Waals surface area contributed by atoms with Crippen LogP contribution in [0.4, 0.5) is 5.82 Å². The number of methoxy groups -OCH3 is 1. The monoisotopic (exact) mass is 350 g/mol. The van der Waals surface area contributed by atoms with Gasteiger partial charge in [0, 0.05) is 41.8 Å². The predicted octanol–water partition coefficient (Wildman–Crippen LogP) is 3.66. The molecule has 3 heterocycles. The topological polar surface area (TPSA) is 63.3 Å². The van der Waals surface area contributed by atoms with Gasteiger partial charge in [-0.1, -0.05) is 6.08 Å². The molecule has 6 heteroatoms. The Bertz CT molecular complexity index is 948. The van der Waals surface area contributed by atoms with E-state index >= 15 is 0 Å². The van der Waals surface area contributed by atoms with E-state index in [0.29, 0.717) is 12.5 Å². The molecule has 0 atom stereocenters. The van der Waals surface area contributed by atoms with E-state index in [-0.39, 0.29) is 0 Å². The highest BCUT2D eigenvalue weighted by Crippen LogP contribution is 2.32. The molecule has 0 spiro atoms. The highest BCUT2D eigenvalue weighted by molar-refractivity contribution is 5.93. The molecule has 0 saturated carbocycles. The normalized spacial score (nSPS) is 14.4. The summed E-state index contributed by atoms with van der Waals surface area (Å²) in [5, 5.41) is 1.20. The molecule has 0 bridgehead atoms. The molecular weight excluding hydrogens is 328 g/mol. The molecule has 134 valence electrons. The first-order chi connectivity index (χ1) is 12.8. The number of hydrogen-bond acceptors (Lipinski definition) is 5. The molecule has 1 aliphatic heterocycles. The van der Waals surface area contributed by atoms with Crippen LogP contribution in [0.15, 0.2) is 42.9 Å². The minimum absolute atomic E-state index is 0.602. The molecule has 0 unspecified atom stereocenters. The van der Waals surface area contributed by atoms with Gasteiger partial charge >= 0.3 is 0 Å². The van der Waals surface area contributed by atoms with Gasteiger partial charge in [0.2, 0.25) is 5.88 Å². The Kier molecular flexibility index (Phi) is 4.48. The number of anilines is 1. The van der Waals surface area contributed by atoms with Gasteiger partial charge in [-0.15, -0.1) is 0 Å². The first-order valence-electron chi connectivity index (χ1n) is 8.83. The van der Waals surface area contributed by atoms with E-state index in [1.54, 1.807) is 13.4 Å². The van der Waals surface area contributed by atoms with Crippen LogP contribution in [0.2, 0.25) is 0 Å². The van der Waals surface area contributed by atoms with Crippen LogP contribution in [0.1, 0.15) is 18.9 Å². The van der Waals surface area contributed by atoms with E-state index < -0.39 is 0 Å². The molecule has 2 aromatic heterocycles. The van der Waals surface area contributed by atoms with Gasteiger partial charge in [0.1, 0.15) is 17.9 Å². The quantitative estimate of drug-likeness (QED) is 0.761. The maximum absolute atomic E-state index is 5.48. The molecule has 3 aromatic rings.